The molecule has 0 fully saturated rings. The van der Waals surface area contributed by atoms with Crippen LogP contribution in [0.5, 0.6) is 5.75 Å². The van der Waals surface area contributed by atoms with Crippen molar-refractivity contribution >= 4 is 33.5 Å². The first-order valence-corrected chi connectivity index (χ1v) is 15.5. The minimum absolute atomic E-state index is 0.101. The smallest absolute Gasteiger partial charge is 0.143 e. The number of hydrogen-bond donors (Lipinski definition) is 1. The summed E-state index contributed by atoms with van der Waals surface area (Å²) >= 11 is 0. The van der Waals surface area contributed by atoms with Gasteiger partial charge in [0.05, 0.1) is 5.69 Å². The third-order valence-electron chi connectivity index (χ3n) is 8.53. The SMILES string of the molecule is CCN(CC)c1ccc(C(OC)(c2ccc(N=Nc3c(O)ccc4ccccc34)cc2)c2ccc(N(CC)CC)cc2)cc1. The lowest BCUT2D eigenvalue weighted by Gasteiger charge is -2.35. The van der Waals surface area contributed by atoms with Crippen molar-refractivity contribution in [2.75, 3.05) is 43.1 Å². The lowest BCUT2D eigenvalue weighted by Crippen LogP contribution is -2.32. The van der Waals surface area contributed by atoms with E-state index in [1.165, 1.54) is 11.4 Å². The first-order valence-electron chi connectivity index (χ1n) is 15.5. The number of phenols is 1. The molecule has 0 saturated heterocycles. The summed E-state index contributed by atoms with van der Waals surface area (Å²) in [6, 6.07) is 36.8. The maximum Gasteiger partial charge on any atom is 0.143 e. The summed E-state index contributed by atoms with van der Waals surface area (Å²) in [5.74, 6) is 0.101. The number of rotatable bonds is 12. The molecule has 0 amide bonds. The first kappa shape index (κ1) is 30.8. The minimum Gasteiger partial charge on any atom is -0.506 e. The highest BCUT2D eigenvalue weighted by Crippen LogP contribution is 2.42. The summed E-state index contributed by atoms with van der Waals surface area (Å²) in [7, 11) is 1.77. The van der Waals surface area contributed by atoms with E-state index in [2.05, 4.69) is 108 Å². The van der Waals surface area contributed by atoms with Crippen LogP contribution in [0.15, 0.2) is 119 Å². The second-order valence-electron chi connectivity index (χ2n) is 10.7. The molecule has 0 unspecified atom stereocenters. The van der Waals surface area contributed by atoms with Crippen molar-refractivity contribution in [3.05, 3.63) is 126 Å². The number of methoxy groups -OCH3 is 1. The molecule has 44 heavy (non-hydrogen) atoms. The number of nitrogens with zero attached hydrogens (tertiary/aromatic N) is 4. The quantitative estimate of drug-likeness (QED) is 0.117. The van der Waals surface area contributed by atoms with Crippen LogP contribution in [0, 0.1) is 0 Å². The van der Waals surface area contributed by atoms with Crippen molar-refractivity contribution in [3.63, 3.8) is 0 Å². The van der Waals surface area contributed by atoms with E-state index in [4.69, 9.17) is 4.74 Å². The molecule has 0 aliphatic heterocycles. The van der Waals surface area contributed by atoms with Crippen LogP contribution in [0.3, 0.4) is 0 Å². The zero-order valence-electron chi connectivity index (χ0n) is 26.4. The lowest BCUT2D eigenvalue weighted by atomic mass is 9.80. The summed E-state index contributed by atoms with van der Waals surface area (Å²) < 4.78 is 6.52. The molecule has 5 aromatic rings. The average Bonchev–Trinajstić information content (AvgIpc) is 3.08. The van der Waals surface area contributed by atoms with Gasteiger partial charge in [-0.05, 0) is 92.2 Å². The second-order valence-corrected chi connectivity index (χ2v) is 10.7. The normalized spacial score (nSPS) is 11.8. The van der Waals surface area contributed by atoms with Gasteiger partial charge >= 0.3 is 0 Å². The van der Waals surface area contributed by atoms with Crippen LogP contribution >= 0.6 is 0 Å². The van der Waals surface area contributed by atoms with E-state index in [-0.39, 0.29) is 5.75 Å². The van der Waals surface area contributed by atoms with Crippen molar-refractivity contribution in [2.24, 2.45) is 10.2 Å². The topological polar surface area (TPSA) is 60.7 Å². The maximum absolute atomic E-state index is 10.5. The van der Waals surface area contributed by atoms with Gasteiger partial charge in [-0.2, -0.15) is 5.11 Å². The predicted molar refractivity (Wildman–Crippen MR) is 183 cm³/mol. The van der Waals surface area contributed by atoms with Gasteiger partial charge in [-0.1, -0.05) is 66.7 Å². The predicted octanol–water partition coefficient (Wildman–Crippen LogP) is 9.59. The highest BCUT2D eigenvalue weighted by Gasteiger charge is 2.37. The Bertz CT molecular complexity index is 1630. The van der Waals surface area contributed by atoms with E-state index in [9.17, 15) is 5.11 Å². The molecule has 5 rings (SSSR count). The molecule has 1 N–H and O–H groups in total. The average molecular weight is 587 g/mol. The number of fused-ring (bicyclic) bond motifs is 1. The summed E-state index contributed by atoms with van der Waals surface area (Å²) in [4.78, 5) is 4.68. The molecule has 0 heterocycles. The van der Waals surface area contributed by atoms with Crippen LogP contribution in [-0.2, 0) is 10.3 Å². The van der Waals surface area contributed by atoms with Gasteiger partial charge in [0.2, 0.25) is 0 Å². The van der Waals surface area contributed by atoms with Crippen molar-refractivity contribution < 1.29 is 9.84 Å². The molecule has 0 bridgehead atoms. The van der Waals surface area contributed by atoms with E-state index >= 15 is 0 Å². The Hall–Kier alpha value is -4.68. The second kappa shape index (κ2) is 13.7. The standard InChI is InChI=1S/C38H42N4O2/c1-6-41(7-2)33-23-17-30(18-24-33)38(44-5,31-19-25-34(26-20-31)42(8-3)9-4)29-15-21-32(22-16-29)39-40-37-35-13-11-10-12-28(35)14-27-36(37)43/h10-27,43H,6-9H2,1-5H3. The summed E-state index contributed by atoms with van der Waals surface area (Å²) in [6.07, 6.45) is 0. The molecule has 0 aliphatic carbocycles. The van der Waals surface area contributed by atoms with Gasteiger partial charge in [0, 0.05) is 50.0 Å². The summed E-state index contributed by atoms with van der Waals surface area (Å²) in [5, 5.41) is 21.3. The van der Waals surface area contributed by atoms with Gasteiger partial charge in [-0.25, -0.2) is 0 Å². The fourth-order valence-corrected chi connectivity index (χ4v) is 6.06. The third kappa shape index (κ3) is 5.90. The Morgan fingerprint density at radius 1 is 0.591 bits per heavy atom. The Balaban J connectivity index is 1.56. The fraction of sp³-hybridized carbons (Fsp3) is 0.263. The monoisotopic (exact) mass is 586 g/mol. The molecular weight excluding hydrogens is 544 g/mol. The lowest BCUT2D eigenvalue weighted by molar-refractivity contribution is 0.0585. The Labute approximate surface area is 261 Å². The molecule has 0 saturated carbocycles. The number of phenolic OH excluding ortho intramolecular Hbond substituents is 1. The molecule has 226 valence electrons. The molecule has 0 spiro atoms. The van der Waals surface area contributed by atoms with Crippen LogP contribution < -0.4 is 9.80 Å². The number of ether oxygens (including phenoxy) is 1. The zero-order chi connectivity index (χ0) is 31.1. The van der Waals surface area contributed by atoms with Crippen LogP contribution in [0.4, 0.5) is 22.7 Å². The van der Waals surface area contributed by atoms with E-state index in [1.807, 2.05) is 42.5 Å². The molecule has 0 aromatic heterocycles. The number of benzene rings is 5. The van der Waals surface area contributed by atoms with Gasteiger partial charge in [-0.15, -0.1) is 5.11 Å². The molecule has 6 nitrogen and oxygen atoms in total. The van der Waals surface area contributed by atoms with Crippen LogP contribution in [0.1, 0.15) is 44.4 Å². The molecule has 5 aromatic carbocycles. The Kier molecular flexibility index (Phi) is 9.61. The highest BCUT2D eigenvalue weighted by molar-refractivity contribution is 5.95. The minimum atomic E-state index is -0.840. The van der Waals surface area contributed by atoms with Crippen molar-refractivity contribution in [1.82, 2.24) is 0 Å². The van der Waals surface area contributed by atoms with Gasteiger partial charge in [0.1, 0.15) is 17.0 Å². The number of aromatic hydroxyl groups is 1. The van der Waals surface area contributed by atoms with Crippen LogP contribution in [0.2, 0.25) is 0 Å². The fourth-order valence-electron chi connectivity index (χ4n) is 6.06. The van der Waals surface area contributed by atoms with Gasteiger partial charge in [-0.3, -0.25) is 0 Å². The van der Waals surface area contributed by atoms with Gasteiger partial charge < -0.3 is 19.6 Å². The van der Waals surface area contributed by atoms with Crippen molar-refractivity contribution in [1.29, 1.82) is 0 Å². The molecule has 6 heteroatoms. The summed E-state index contributed by atoms with van der Waals surface area (Å²) in [5.41, 5.74) is 5.75. The molecule has 0 radical (unpaired) electrons. The van der Waals surface area contributed by atoms with Crippen LogP contribution in [-0.4, -0.2) is 38.4 Å². The highest BCUT2D eigenvalue weighted by atomic mass is 16.5. The third-order valence-corrected chi connectivity index (χ3v) is 8.53. The molecule has 0 aliphatic rings. The van der Waals surface area contributed by atoms with Crippen molar-refractivity contribution in [3.8, 4) is 5.75 Å². The Morgan fingerprint density at radius 2 is 1.07 bits per heavy atom. The number of hydrogen-bond acceptors (Lipinski definition) is 6. The van der Waals surface area contributed by atoms with Gasteiger partial charge in [0.15, 0.2) is 0 Å². The first-order chi connectivity index (χ1) is 21.5. The van der Waals surface area contributed by atoms with Crippen molar-refractivity contribution in [2.45, 2.75) is 33.3 Å². The largest absolute Gasteiger partial charge is 0.506 e. The number of anilines is 2. The van der Waals surface area contributed by atoms with E-state index in [0.29, 0.717) is 11.4 Å². The zero-order valence-corrected chi connectivity index (χ0v) is 26.4. The van der Waals surface area contributed by atoms with E-state index < -0.39 is 5.60 Å². The van der Waals surface area contributed by atoms with Crippen LogP contribution in [0.25, 0.3) is 10.8 Å². The maximum atomic E-state index is 10.5. The van der Waals surface area contributed by atoms with E-state index in [0.717, 1.165) is 53.6 Å². The number of azo groups is 1. The molecule has 0 atom stereocenters. The van der Waals surface area contributed by atoms with Gasteiger partial charge in [0.25, 0.3) is 0 Å². The molecular formula is C38H42N4O2. The Morgan fingerprint density at radius 3 is 1.55 bits per heavy atom. The van der Waals surface area contributed by atoms with E-state index in [1.54, 1.807) is 13.2 Å². The summed E-state index contributed by atoms with van der Waals surface area (Å²) in [6.45, 7) is 12.5.